The lowest BCUT2D eigenvalue weighted by Crippen LogP contribution is -2.46. The minimum atomic E-state index is 0.517. The van der Waals surface area contributed by atoms with Gasteiger partial charge in [0.15, 0.2) is 0 Å². The third-order valence-corrected chi connectivity index (χ3v) is 6.38. The monoisotopic (exact) mass is 342 g/mol. The number of nitrogens with zero attached hydrogens (tertiary/aromatic N) is 2. The van der Waals surface area contributed by atoms with Crippen molar-refractivity contribution in [2.75, 3.05) is 50.7 Å². The molecule has 1 aromatic rings. The number of piperidine rings is 2. The first-order valence-electron chi connectivity index (χ1n) is 10.3. The zero-order valence-corrected chi connectivity index (χ0v) is 15.8. The van der Waals surface area contributed by atoms with Crippen LogP contribution in [-0.2, 0) is 0 Å². The van der Waals surface area contributed by atoms with Gasteiger partial charge in [-0.3, -0.25) is 0 Å². The molecule has 1 aromatic carbocycles. The van der Waals surface area contributed by atoms with Gasteiger partial charge in [-0.25, -0.2) is 0 Å². The molecule has 25 heavy (non-hydrogen) atoms. The zero-order valence-electron chi connectivity index (χ0n) is 15.8. The largest absolute Gasteiger partial charge is 0.369 e. The quantitative estimate of drug-likeness (QED) is 0.884. The van der Waals surface area contributed by atoms with Crippen LogP contribution >= 0.6 is 0 Å². The molecule has 3 fully saturated rings. The summed E-state index contributed by atoms with van der Waals surface area (Å²) in [5.41, 5.74) is 4.34. The molecule has 0 aliphatic carbocycles. The molecule has 138 valence electrons. The van der Waals surface area contributed by atoms with E-state index in [4.69, 9.17) is 0 Å². The van der Waals surface area contributed by atoms with Gasteiger partial charge in [-0.2, -0.15) is 0 Å². The first kappa shape index (κ1) is 17.3. The molecule has 4 rings (SSSR count). The molecule has 0 aromatic heterocycles. The molecule has 0 radical (unpaired) electrons. The summed E-state index contributed by atoms with van der Waals surface area (Å²) in [5.74, 6) is 0. The molecule has 3 heterocycles. The van der Waals surface area contributed by atoms with E-state index in [0.29, 0.717) is 6.04 Å². The molecule has 4 heteroatoms. The van der Waals surface area contributed by atoms with Crippen LogP contribution in [-0.4, -0.2) is 56.8 Å². The van der Waals surface area contributed by atoms with Gasteiger partial charge in [-0.1, -0.05) is 18.6 Å². The van der Waals surface area contributed by atoms with E-state index in [1.54, 1.807) is 0 Å². The second kappa shape index (κ2) is 8.07. The summed E-state index contributed by atoms with van der Waals surface area (Å²) in [6.45, 7) is 10.5. The maximum atomic E-state index is 3.80. The standard InChI is InChI=1S/C21H34N4/c1-17-5-6-18(15-21(17)25-13-9-22-10-14-25)20-16-19(7-8-23-20)24-11-3-2-4-12-24/h5-6,15,19-20,22-23H,2-4,7-14,16H2,1H3. The van der Waals surface area contributed by atoms with E-state index in [2.05, 4.69) is 45.6 Å². The molecule has 0 amide bonds. The lowest BCUT2D eigenvalue weighted by Gasteiger charge is -2.40. The number of likely N-dealkylation sites (tertiary alicyclic amines) is 1. The van der Waals surface area contributed by atoms with Crippen molar-refractivity contribution in [1.29, 1.82) is 0 Å². The topological polar surface area (TPSA) is 30.5 Å². The minimum Gasteiger partial charge on any atom is -0.369 e. The number of hydrogen-bond acceptors (Lipinski definition) is 4. The lowest BCUT2D eigenvalue weighted by molar-refractivity contribution is 0.121. The SMILES string of the molecule is Cc1ccc(C2CC(N3CCCCC3)CCN2)cc1N1CCNCC1. The predicted molar refractivity (Wildman–Crippen MR) is 105 cm³/mol. The van der Waals surface area contributed by atoms with Crippen LogP contribution in [0.25, 0.3) is 0 Å². The highest BCUT2D eigenvalue weighted by atomic mass is 15.2. The Labute approximate surface area is 153 Å². The fourth-order valence-electron chi connectivity index (χ4n) is 4.86. The minimum absolute atomic E-state index is 0.517. The Kier molecular flexibility index (Phi) is 5.59. The Morgan fingerprint density at radius 2 is 1.76 bits per heavy atom. The number of hydrogen-bond donors (Lipinski definition) is 2. The van der Waals surface area contributed by atoms with Gasteiger partial charge in [0.2, 0.25) is 0 Å². The van der Waals surface area contributed by atoms with Crippen molar-refractivity contribution in [2.24, 2.45) is 0 Å². The van der Waals surface area contributed by atoms with E-state index in [-0.39, 0.29) is 0 Å². The highest BCUT2D eigenvalue weighted by Gasteiger charge is 2.28. The van der Waals surface area contributed by atoms with Gasteiger partial charge in [-0.05, 0) is 69.4 Å². The fraction of sp³-hybridized carbons (Fsp3) is 0.714. The highest BCUT2D eigenvalue weighted by Crippen LogP contribution is 2.31. The average molecular weight is 343 g/mol. The molecule has 2 unspecified atom stereocenters. The molecule has 3 saturated heterocycles. The van der Waals surface area contributed by atoms with E-state index in [9.17, 15) is 0 Å². The van der Waals surface area contributed by atoms with E-state index in [1.165, 1.54) is 62.0 Å². The Morgan fingerprint density at radius 1 is 0.960 bits per heavy atom. The lowest BCUT2D eigenvalue weighted by atomic mass is 9.91. The summed E-state index contributed by atoms with van der Waals surface area (Å²) in [4.78, 5) is 5.32. The molecule has 0 spiro atoms. The fourth-order valence-corrected chi connectivity index (χ4v) is 4.86. The van der Waals surface area contributed by atoms with Crippen molar-refractivity contribution in [3.8, 4) is 0 Å². The third-order valence-electron chi connectivity index (χ3n) is 6.38. The first-order chi connectivity index (χ1) is 12.3. The summed E-state index contributed by atoms with van der Waals surface area (Å²) in [7, 11) is 0. The number of benzene rings is 1. The van der Waals surface area contributed by atoms with E-state index >= 15 is 0 Å². The van der Waals surface area contributed by atoms with Crippen LogP contribution in [0.2, 0.25) is 0 Å². The van der Waals surface area contributed by atoms with Gasteiger partial charge in [-0.15, -0.1) is 0 Å². The molecular formula is C21H34N4. The average Bonchev–Trinajstić information content (AvgIpc) is 2.70. The van der Waals surface area contributed by atoms with Gasteiger partial charge >= 0.3 is 0 Å². The molecular weight excluding hydrogens is 308 g/mol. The molecule has 0 bridgehead atoms. The molecule has 0 saturated carbocycles. The Hall–Kier alpha value is -1.10. The Balaban J connectivity index is 1.48. The van der Waals surface area contributed by atoms with Gasteiger partial charge in [0.25, 0.3) is 0 Å². The maximum absolute atomic E-state index is 3.80. The van der Waals surface area contributed by atoms with E-state index in [0.717, 1.165) is 38.8 Å². The summed E-state index contributed by atoms with van der Waals surface area (Å²) in [6.07, 6.45) is 6.80. The summed E-state index contributed by atoms with van der Waals surface area (Å²) in [6, 6.07) is 8.45. The van der Waals surface area contributed by atoms with Crippen molar-refractivity contribution in [3.63, 3.8) is 0 Å². The molecule has 2 atom stereocenters. The van der Waals surface area contributed by atoms with Crippen LogP contribution in [0.1, 0.15) is 49.3 Å². The summed E-state index contributed by atoms with van der Waals surface area (Å²) in [5, 5.41) is 7.26. The number of piperazine rings is 1. The van der Waals surface area contributed by atoms with Crippen LogP contribution in [0.4, 0.5) is 5.69 Å². The highest BCUT2D eigenvalue weighted by molar-refractivity contribution is 5.56. The van der Waals surface area contributed by atoms with Gasteiger partial charge < -0.3 is 20.4 Å². The van der Waals surface area contributed by atoms with Crippen molar-refractivity contribution in [1.82, 2.24) is 15.5 Å². The van der Waals surface area contributed by atoms with Crippen molar-refractivity contribution >= 4 is 5.69 Å². The van der Waals surface area contributed by atoms with Gasteiger partial charge in [0, 0.05) is 44.0 Å². The first-order valence-corrected chi connectivity index (χ1v) is 10.3. The Bertz CT molecular complexity index is 561. The Morgan fingerprint density at radius 3 is 2.56 bits per heavy atom. The third kappa shape index (κ3) is 4.02. The maximum Gasteiger partial charge on any atom is 0.0400 e. The number of nitrogens with one attached hydrogen (secondary N) is 2. The van der Waals surface area contributed by atoms with E-state index in [1.807, 2.05) is 0 Å². The van der Waals surface area contributed by atoms with Gasteiger partial charge in [0.1, 0.15) is 0 Å². The van der Waals surface area contributed by atoms with Crippen LogP contribution in [0, 0.1) is 6.92 Å². The second-order valence-corrected chi connectivity index (χ2v) is 8.06. The number of aryl methyl sites for hydroxylation is 1. The van der Waals surface area contributed by atoms with Crippen molar-refractivity contribution < 1.29 is 0 Å². The summed E-state index contributed by atoms with van der Waals surface area (Å²) < 4.78 is 0. The molecule has 3 aliphatic heterocycles. The van der Waals surface area contributed by atoms with Crippen LogP contribution in [0.15, 0.2) is 18.2 Å². The van der Waals surface area contributed by atoms with Crippen LogP contribution < -0.4 is 15.5 Å². The smallest absolute Gasteiger partial charge is 0.0400 e. The normalized spacial score (nSPS) is 28.9. The predicted octanol–water partition coefficient (Wildman–Crippen LogP) is 2.68. The van der Waals surface area contributed by atoms with Gasteiger partial charge in [0.05, 0.1) is 0 Å². The molecule has 2 N–H and O–H groups in total. The summed E-state index contributed by atoms with van der Waals surface area (Å²) >= 11 is 0. The molecule has 3 aliphatic rings. The number of rotatable bonds is 3. The molecule has 4 nitrogen and oxygen atoms in total. The zero-order chi connectivity index (χ0) is 17.1. The van der Waals surface area contributed by atoms with Crippen molar-refractivity contribution in [3.05, 3.63) is 29.3 Å². The van der Waals surface area contributed by atoms with E-state index < -0.39 is 0 Å². The number of anilines is 1. The second-order valence-electron chi connectivity index (χ2n) is 8.06. The van der Waals surface area contributed by atoms with Crippen LogP contribution in [0.3, 0.4) is 0 Å². The van der Waals surface area contributed by atoms with Crippen molar-refractivity contribution in [2.45, 2.75) is 51.1 Å². The van der Waals surface area contributed by atoms with Crippen LogP contribution in [0.5, 0.6) is 0 Å².